The first-order chi connectivity index (χ1) is 11.7. The third-order valence-corrected chi connectivity index (χ3v) is 5.90. The Morgan fingerprint density at radius 2 is 2.29 bits per heavy atom. The summed E-state index contributed by atoms with van der Waals surface area (Å²) in [5.41, 5.74) is 0. The van der Waals surface area contributed by atoms with Crippen LogP contribution in [0.2, 0.25) is 0 Å². The summed E-state index contributed by atoms with van der Waals surface area (Å²) in [5, 5.41) is 8.15. The molecule has 0 saturated carbocycles. The standard InChI is InChI=1S/C17H26N4O2S/c1-18-7-9-21-15-6-8-20(12-13(15)4-5-16(21)22)17(23)19-11-14-3-2-10-24-14/h2-3,10,13,15,18H,4-9,11-12H2,1H3,(H,19,23)/t13-,15+/m0/s1. The van der Waals surface area contributed by atoms with Gasteiger partial charge in [0.1, 0.15) is 0 Å². The second-order valence-corrected chi connectivity index (χ2v) is 7.56. The third-order valence-electron chi connectivity index (χ3n) is 5.03. The van der Waals surface area contributed by atoms with Crippen molar-refractivity contribution in [2.45, 2.75) is 31.8 Å². The summed E-state index contributed by atoms with van der Waals surface area (Å²) in [4.78, 5) is 29.7. The van der Waals surface area contributed by atoms with E-state index in [0.29, 0.717) is 24.9 Å². The van der Waals surface area contributed by atoms with Crippen molar-refractivity contribution in [3.05, 3.63) is 22.4 Å². The number of urea groups is 1. The molecule has 3 heterocycles. The maximum atomic E-state index is 12.4. The average Bonchev–Trinajstić information content (AvgIpc) is 3.12. The number of hydrogen-bond acceptors (Lipinski definition) is 4. The number of likely N-dealkylation sites (tertiary alicyclic amines) is 2. The van der Waals surface area contributed by atoms with Gasteiger partial charge < -0.3 is 20.4 Å². The molecule has 0 aliphatic carbocycles. The first-order valence-corrected chi connectivity index (χ1v) is 9.56. The van der Waals surface area contributed by atoms with Crippen molar-refractivity contribution in [3.63, 3.8) is 0 Å². The molecule has 2 fully saturated rings. The molecular formula is C17H26N4O2S. The lowest BCUT2D eigenvalue weighted by Crippen LogP contribution is -2.58. The van der Waals surface area contributed by atoms with Crippen LogP contribution in [0.5, 0.6) is 0 Å². The Hall–Kier alpha value is -1.60. The minimum absolute atomic E-state index is 0.0144. The predicted molar refractivity (Wildman–Crippen MR) is 94.9 cm³/mol. The minimum atomic E-state index is 0.0144. The maximum absolute atomic E-state index is 12.4. The van der Waals surface area contributed by atoms with Gasteiger partial charge in [-0.05, 0) is 37.3 Å². The van der Waals surface area contributed by atoms with Gasteiger partial charge >= 0.3 is 6.03 Å². The highest BCUT2D eigenvalue weighted by Gasteiger charge is 2.39. The lowest BCUT2D eigenvalue weighted by Gasteiger charge is -2.47. The van der Waals surface area contributed by atoms with Gasteiger partial charge in [0.25, 0.3) is 0 Å². The zero-order valence-electron chi connectivity index (χ0n) is 14.2. The molecule has 132 valence electrons. The van der Waals surface area contributed by atoms with E-state index in [-0.39, 0.29) is 11.9 Å². The van der Waals surface area contributed by atoms with Crippen LogP contribution in [0.1, 0.15) is 24.1 Å². The van der Waals surface area contributed by atoms with E-state index in [1.807, 2.05) is 34.4 Å². The number of piperidine rings is 2. The first kappa shape index (κ1) is 17.2. The number of likely N-dealkylation sites (N-methyl/N-ethyl adjacent to an activating group) is 1. The molecule has 0 aromatic carbocycles. The zero-order chi connectivity index (χ0) is 16.9. The van der Waals surface area contributed by atoms with Crippen LogP contribution in [0.3, 0.4) is 0 Å². The normalized spacial score (nSPS) is 24.0. The van der Waals surface area contributed by atoms with Crippen molar-refractivity contribution in [1.29, 1.82) is 0 Å². The molecule has 2 aliphatic rings. The Balaban J connectivity index is 1.54. The molecule has 1 aromatic heterocycles. The quantitative estimate of drug-likeness (QED) is 0.846. The molecule has 1 aromatic rings. The minimum Gasteiger partial charge on any atom is -0.338 e. The highest BCUT2D eigenvalue weighted by molar-refractivity contribution is 7.09. The van der Waals surface area contributed by atoms with Crippen LogP contribution in [0.4, 0.5) is 4.79 Å². The zero-order valence-corrected chi connectivity index (χ0v) is 15.0. The van der Waals surface area contributed by atoms with E-state index in [0.717, 1.165) is 39.0 Å². The van der Waals surface area contributed by atoms with Gasteiger partial charge in [-0.3, -0.25) is 4.79 Å². The van der Waals surface area contributed by atoms with Crippen LogP contribution in [-0.2, 0) is 11.3 Å². The Labute approximate surface area is 147 Å². The van der Waals surface area contributed by atoms with Crippen LogP contribution in [-0.4, -0.2) is 61.0 Å². The Morgan fingerprint density at radius 3 is 3.04 bits per heavy atom. The maximum Gasteiger partial charge on any atom is 0.317 e. The summed E-state index contributed by atoms with van der Waals surface area (Å²) in [5.74, 6) is 0.669. The van der Waals surface area contributed by atoms with E-state index in [4.69, 9.17) is 0 Å². The van der Waals surface area contributed by atoms with E-state index in [9.17, 15) is 9.59 Å². The van der Waals surface area contributed by atoms with Crippen molar-refractivity contribution < 1.29 is 9.59 Å². The predicted octanol–water partition coefficient (Wildman–Crippen LogP) is 1.49. The van der Waals surface area contributed by atoms with Gasteiger partial charge in [0.15, 0.2) is 0 Å². The number of carbonyl (C=O) groups is 2. The molecule has 7 heteroatoms. The van der Waals surface area contributed by atoms with E-state index in [1.54, 1.807) is 11.3 Å². The highest BCUT2D eigenvalue weighted by atomic mass is 32.1. The van der Waals surface area contributed by atoms with Crippen molar-refractivity contribution in [2.75, 3.05) is 33.2 Å². The van der Waals surface area contributed by atoms with Gasteiger partial charge in [-0.25, -0.2) is 4.79 Å². The fraction of sp³-hybridized carbons (Fsp3) is 0.647. The Morgan fingerprint density at radius 1 is 1.42 bits per heavy atom. The molecule has 2 atom stereocenters. The molecular weight excluding hydrogens is 324 g/mol. The Bertz CT molecular complexity index is 563. The molecule has 6 nitrogen and oxygen atoms in total. The number of carbonyl (C=O) groups excluding carboxylic acids is 2. The third kappa shape index (κ3) is 3.89. The molecule has 2 saturated heterocycles. The van der Waals surface area contributed by atoms with Gasteiger partial charge in [0.05, 0.1) is 6.54 Å². The van der Waals surface area contributed by atoms with E-state index < -0.39 is 0 Å². The fourth-order valence-electron chi connectivity index (χ4n) is 3.75. The topological polar surface area (TPSA) is 64.7 Å². The molecule has 0 spiro atoms. The van der Waals surface area contributed by atoms with Crippen molar-refractivity contribution in [2.24, 2.45) is 5.92 Å². The fourth-order valence-corrected chi connectivity index (χ4v) is 4.39. The first-order valence-electron chi connectivity index (χ1n) is 8.68. The summed E-state index contributed by atoms with van der Waals surface area (Å²) >= 11 is 1.65. The number of nitrogens with one attached hydrogen (secondary N) is 2. The number of amides is 3. The van der Waals surface area contributed by atoms with Crippen LogP contribution in [0.15, 0.2) is 17.5 Å². The van der Waals surface area contributed by atoms with Crippen molar-refractivity contribution in [3.8, 4) is 0 Å². The number of hydrogen-bond donors (Lipinski definition) is 2. The monoisotopic (exact) mass is 350 g/mol. The number of nitrogens with zero attached hydrogens (tertiary/aromatic N) is 2. The van der Waals surface area contributed by atoms with Crippen LogP contribution < -0.4 is 10.6 Å². The van der Waals surface area contributed by atoms with Gasteiger partial charge in [-0.1, -0.05) is 6.07 Å². The molecule has 0 bridgehead atoms. The Kier molecular flexibility index (Phi) is 5.73. The number of thiophene rings is 1. The summed E-state index contributed by atoms with van der Waals surface area (Å²) in [7, 11) is 1.91. The van der Waals surface area contributed by atoms with Gasteiger partial charge in [-0.15, -0.1) is 11.3 Å². The van der Waals surface area contributed by atoms with Crippen LogP contribution in [0.25, 0.3) is 0 Å². The summed E-state index contributed by atoms with van der Waals surface area (Å²) in [6.07, 6.45) is 2.39. The van der Waals surface area contributed by atoms with Crippen LogP contribution >= 0.6 is 11.3 Å². The lowest BCUT2D eigenvalue weighted by atomic mass is 9.83. The van der Waals surface area contributed by atoms with E-state index in [2.05, 4.69) is 10.6 Å². The SMILES string of the molecule is CNCCN1C(=O)CC[C@H]2CN(C(=O)NCc3cccs3)CC[C@H]21. The molecule has 2 N–H and O–H groups in total. The summed E-state index contributed by atoms with van der Waals surface area (Å²) < 4.78 is 0. The van der Waals surface area contributed by atoms with Gasteiger partial charge in [-0.2, -0.15) is 0 Å². The van der Waals surface area contributed by atoms with Gasteiger partial charge in [0.2, 0.25) is 5.91 Å². The molecule has 24 heavy (non-hydrogen) atoms. The number of fused-ring (bicyclic) bond motifs is 1. The summed E-state index contributed by atoms with van der Waals surface area (Å²) in [6.45, 7) is 3.65. The second-order valence-electron chi connectivity index (χ2n) is 6.53. The molecule has 2 aliphatic heterocycles. The molecule has 0 radical (unpaired) electrons. The van der Waals surface area contributed by atoms with E-state index in [1.165, 1.54) is 4.88 Å². The highest BCUT2D eigenvalue weighted by Crippen LogP contribution is 2.31. The van der Waals surface area contributed by atoms with Crippen LogP contribution in [0, 0.1) is 5.92 Å². The van der Waals surface area contributed by atoms with Crippen molar-refractivity contribution in [1.82, 2.24) is 20.4 Å². The van der Waals surface area contributed by atoms with E-state index >= 15 is 0 Å². The smallest absolute Gasteiger partial charge is 0.317 e. The largest absolute Gasteiger partial charge is 0.338 e. The molecule has 3 amide bonds. The van der Waals surface area contributed by atoms with Gasteiger partial charge in [0, 0.05) is 43.5 Å². The van der Waals surface area contributed by atoms with Crippen molar-refractivity contribution >= 4 is 23.3 Å². The molecule has 0 unspecified atom stereocenters. The lowest BCUT2D eigenvalue weighted by molar-refractivity contribution is -0.140. The average molecular weight is 350 g/mol. The molecule has 3 rings (SSSR count). The number of rotatable bonds is 5. The summed E-state index contributed by atoms with van der Waals surface area (Å²) in [6, 6.07) is 4.33. The second kappa shape index (κ2) is 7.98.